The molecule has 0 aromatic heterocycles. The van der Waals surface area contributed by atoms with E-state index in [-0.39, 0.29) is 35.6 Å². The first-order valence-corrected chi connectivity index (χ1v) is 9.41. The Bertz CT molecular complexity index is 634. The molecule has 1 saturated heterocycles. The predicted molar refractivity (Wildman–Crippen MR) is 95.6 cm³/mol. The Morgan fingerprint density at radius 3 is 2.58 bits per heavy atom. The van der Waals surface area contributed by atoms with Gasteiger partial charge in [-0.15, -0.1) is 12.4 Å². The summed E-state index contributed by atoms with van der Waals surface area (Å²) in [5.74, 6) is -0.113. The van der Waals surface area contributed by atoms with Gasteiger partial charge in [-0.25, -0.2) is 8.42 Å². The second-order valence-electron chi connectivity index (χ2n) is 5.72. The van der Waals surface area contributed by atoms with Gasteiger partial charge in [0.1, 0.15) is 0 Å². The third kappa shape index (κ3) is 5.17. The van der Waals surface area contributed by atoms with Gasteiger partial charge in [-0.3, -0.25) is 4.79 Å². The molecule has 0 saturated carbocycles. The molecular formula is C16H25ClN2O4S. The number of methoxy groups -OCH3 is 1. The summed E-state index contributed by atoms with van der Waals surface area (Å²) in [5, 5.41) is 3.20. The number of likely N-dealkylation sites (N-methyl/N-ethyl adjacent to an activating group) is 1. The second kappa shape index (κ2) is 9.36. The fourth-order valence-corrected chi connectivity index (χ4v) is 3.87. The summed E-state index contributed by atoms with van der Waals surface area (Å²) in [6.07, 6.45) is 2.04. The highest BCUT2D eigenvalue weighted by Crippen LogP contribution is 2.17. The van der Waals surface area contributed by atoms with Crippen LogP contribution in [0.15, 0.2) is 29.2 Å². The maximum atomic E-state index is 12.5. The molecule has 1 atom stereocenters. The van der Waals surface area contributed by atoms with E-state index in [1.807, 2.05) is 11.9 Å². The van der Waals surface area contributed by atoms with Gasteiger partial charge in [-0.05, 0) is 44.2 Å². The molecule has 1 aromatic rings. The average Bonchev–Trinajstić information content (AvgIpc) is 2.59. The number of ether oxygens (including phenoxy) is 1. The largest absolute Gasteiger partial charge is 0.384 e. The van der Waals surface area contributed by atoms with E-state index in [1.54, 1.807) is 12.1 Å². The lowest BCUT2D eigenvalue weighted by Crippen LogP contribution is -2.46. The molecule has 1 heterocycles. The molecule has 1 amide bonds. The summed E-state index contributed by atoms with van der Waals surface area (Å²) in [7, 11) is 0.00531. The summed E-state index contributed by atoms with van der Waals surface area (Å²) >= 11 is 0. The van der Waals surface area contributed by atoms with Crippen LogP contribution in [0.1, 0.15) is 23.2 Å². The van der Waals surface area contributed by atoms with Crippen molar-refractivity contribution in [2.45, 2.75) is 23.8 Å². The summed E-state index contributed by atoms with van der Waals surface area (Å²) in [5.41, 5.74) is 0.521. The lowest BCUT2D eigenvalue weighted by atomic mass is 10.0. The number of hydrogen-bond donors (Lipinski definition) is 1. The molecule has 0 radical (unpaired) electrons. The Labute approximate surface area is 149 Å². The Kier molecular flexibility index (Phi) is 8.15. The number of amides is 1. The monoisotopic (exact) mass is 376 g/mol. The molecular weight excluding hydrogens is 352 g/mol. The van der Waals surface area contributed by atoms with E-state index in [4.69, 9.17) is 4.74 Å². The summed E-state index contributed by atoms with van der Waals surface area (Å²) < 4.78 is 29.0. The molecule has 1 aliphatic heterocycles. The van der Waals surface area contributed by atoms with Crippen LogP contribution in [-0.2, 0) is 14.6 Å². The first-order chi connectivity index (χ1) is 11.0. The molecule has 1 aromatic carbocycles. The number of sulfone groups is 1. The van der Waals surface area contributed by atoms with Crippen LogP contribution in [0.25, 0.3) is 0 Å². The number of nitrogens with one attached hydrogen (secondary N) is 1. The van der Waals surface area contributed by atoms with E-state index < -0.39 is 9.84 Å². The van der Waals surface area contributed by atoms with Crippen LogP contribution in [0.5, 0.6) is 0 Å². The molecule has 0 spiro atoms. The Hall–Kier alpha value is -1.15. The fraction of sp³-hybridized carbons (Fsp3) is 0.562. The predicted octanol–water partition coefficient (Wildman–Crippen LogP) is 1.35. The van der Waals surface area contributed by atoms with Gasteiger partial charge in [-0.1, -0.05) is 0 Å². The molecule has 8 heteroatoms. The molecule has 136 valence electrons. The average molecular weight is 377 g/mol. The van der Waals surface area contributed by atoms with Crippen LogP contribution in [0.2, 0.25) is 0 Å². The zero-order valence-corrected chi connectivity index (χ0v) is 15.7. The minimum atomic E-state index is -3.36. The number of nitrogens with zero attached hydrogens (tertiary/aromatic N) is 1. The smallest absolute Gasteiger partial charge is 0.253 e. The summed E-state index contributed by atoms with van der Waals surface area (Å²) in [6, 6.07) is 6.49. The number of carbonyl (C=O) groups excluding carboxylic acids is 1. The SMILES string of the molecule is CNC1CCCN(C(=O)c2ccc(S(=O)(=O)CCOC)cc2)C1.Cl. The maximum Gasteiger partial charge on any atom is 0.253 e. The van der Waals surface area contributed by atoms with Crippen molar-refractivity contribution in [1.82, 2.24) is 10.2 Å². The van der Waals surface area contributed by atoms with Crippen LogP contribution in [-0.4, -0.2) is 64.9 Å². The summed E-state index contributed by atoms with van der Waals surface area (Å²) in [4.78, 5) is 14.6. The number of hydrogen-bond acceptors (Lipinski definition) is 5. The minimum Gasteiger partial charge on any atom is -0.384 e. The number of benzene rings is 1. The highest BCUT2D eigenvalue weighted by molar-refractivity contribution is 7.91. The fourth-order valence-electron chi connectivity index (χ4n) is 2.70. The van der Waals surface area contributed by atoms with Crippen molar-refractivity contribution < 1.29 is 17.9 Å². The third-order valence-corrected chi connectivity index (χ3v) is 5.83. The topological polar surface area (TPSA) is 75.7 Å². The van der Waals surface area contributed by atoms with Gasteiger partial charge < -0.3 is 15.0 Å². The van der Waals surface area contributed by atoms with Crippen LogP contribution >= 0.6 is 12.4 Å². The zero-order valence-electron chi connectivity index (χ0n) is 14.0. The number of likely N-dealkylation sites (tertiary alicyclic amines) is 1. The number of rotatable bonds is 6. The van der Waals surface area contributed by atoms with Crippen molar-refractivity contribution in [2.24, 2.45) is 0 Å². The van der Waals surface area contributed by atoms with Crippen molar-refractivity contribution in [3.05, 3.63) is 29.8 Å². The quantitative estimate of drug-likeness (QED) is 0.811. The standard InChI is InChI=1S/C16H24N2O4S.ClH/c1-17-14-4-3-9-18(12-14)16(19)13-5-7-15(8-6-13)23(20,21)11-10-22-2;/h5-8,14,17H,3-4,9-12H2,1-2H3;1H. The van der Waals surface area contributed by atoms with Gasteiger partial charge in [0.2, 0.25) is 0 Å². The third-order valence-electron chi connectivity index (χ3n) is 4.13. The van der Waals surface area contributed by atoms with Crippen molar-refractivity contribution in [2.75, 3.05) is 39.6 Å². The van der Waals surface area contributed by atoms with Crippen molar-refractivity contribution in [3.63, 3.8) is 0 Å². The highest BCUT2D eigenvalue weighted by Gasteiger charge is 2.24. The van der Waals surface area contributed by atoms with Gasteiger partial charge in [-0.2, -0.15) is 0 Å². The van der Waals surface area contributed by atoms with Crippen LogP contribution in [0.3, 0.4) is 0 Å². The zero-order chi connectivity index (χ0) is 16.9. The van der Waals surface area contributed by atoms with Crippen LogP contribution in [0.4, 0.5) is 0 Å². The van der Waals surface area contributed by atoms with E-state index in [0.717, 1.165) is 19.4 Å². The number of piperidine rings is 1. The normalized spacial score (nSPS) is 18.1. The van der Waals surface area contributed by atoms with Crippen molar-refractivity contribution >= 4 is 28.2 Å². The molecule has 1 unspecified atom stereocenters. The molecule has 1 aliphatic rings. The molecule has 1 fully saturated rings. The summed E-state index contributed by atoms with van der Waals surface area (Å²) in [6.45, 7) is 1.58. The lowest BCUT2D eigenvalue weighted by molar-refractivity contribution is 0.0698. The van der Waals surface area contributed by atoms with Gasteiger partial charge in [0.25, 0.3) is 5.91 Å². The Morgan fingerprint density at radius 2 is 2.00 bits per heavy atom. The van der Waals surface area contributed by atoms with Crippen molar-refractivity contribution in [1.29, 1.82) is 0 Å². The first kappa shape index (κ1) is 20.9. The molecule has 24 heavy (non-hydrogen) atoms. The van der Waals surface area contributed by atoms with Gasteiger partial charge in [0, 0.05) is 31.8 Å². The van der Waals surface area contributed by atoms with Gasteiger partial charge in [0.05, 0.1) is 17.3 Å². The number of halogens is 1. The lowest BCUT2D eigenvalue weighted by Gasteiger charge is -2.32. The van der Waals surface area contributed by atoms with Crippen molar-refractivity contribution in [3.8, 4) is 0 Å². The molecule has 6 nitrogen and oxygen atoms in total. The van der Waals surface area contributed by atoms with Crippen LogP contribution in [0, 0.1) is 0 Å². The van der Waals surface area contributed by atoms with E-state index >= 15 is 0 Å². The van der Waals surface area contributed by atoms with Crippen LogP contribution < -0.4 is 5.32 Å². The Balaban J connectivity index is 0.00000288. The molecule has 2 rings (SSSR count). The van der Waals surface area contributed by atoms with E-state index in [0.29, 0.717) is 18.2 Å². The Morgan fingerprint density at radius 1 is 1.33 bits per heavy atom. The van der Waals surface area contributed by atoms with E-state index in [2.05, 4.69) is 5.32 Å². The highest BCUT2D eigenvalue weighted by atomic mass is 35.5. The molecule has 0 bridgehead atoms. The van der Waals surface area contributed by atoms with E-state index in [1.165, 1.54) is 19.2 Å². The molecule has 0 aliphatic carbocycles. The first-order valence-electron chi connectivity index (χ1n) is 7.76. The second-order valence-corrected chi connectivity index (χ2v) is 7.82. The van der Waals surface area contributed by atoms with E-state index in [9.17, 15) is 13.2 Å². The minimum absolute atomic E-state index is 0. The number of carbonyl (C=O) groups is 1. The molecule has 1 N–H and O–H groups in total. The maximum absolute atomic E-state index is 12.5. The van der Waals surface area contributed by atoms with Gasteiger partial charge in [0.15, 0.2) is 9.84 Å². The van der Waals surface area contributed by atoms with Gasteiger partial charge >= 0.3 is 0 Å².